The van der Waals surface area contributed by atoms with E-state index in [0.29, 0.717) is 12.5 Å². The number of hydrazine groups is 1. The number of nitrogens with zero attached hydrogens (tertiary/aromatic N) is 2. The normalized spacial score (nSPS) is 14.0. The Bertz CT molecular complexity index is 667. The predicted molar refractivity (Wildman–Crippen MR) is 94.3 cm³/mol. The maximum atomic E-state index is 14.2. The van der Waals surface area contributed by atoms with Crippen molar-refractivity contribution in [3.05, 3.63) is 58.9 Å². The first kappa shape index (κ1) is 15.8. The van der Waals surface area contributed by atoms with Crippen molar-refractivity contribution in [2.24, 2.45) is 5.84 Å². The Hall–Kier alpha value is -2.07. The second-order valence-corrected chi connectivity index (χ2v) is 6.49. The lowest BCUT2D eigenvalue weighted by Crippen LogP contribution is -2.29. The van der Waals surface area contributed by atoms with Crippen LogP contribution in [0.25, 0.3) is 0 Å². The van der Waals surface area contributed by atoms with Gasteiger partial charge in [0.1, 0.15) is 5.82 Å². The van der Waals surface area contributed by atoms with Crippen LogP contribution in [0.5, 0.6) is 0 Å². The summed E-state index contributed by atoms with van der Waals surface area (Å²) in [5, 5.41) is 1.64. The Balaban J connectivity index is 2.00. The third-order valence-corrected chi connectivity index (χ3v) is 4.57. The number of para-hydroxylation sites is 1. The molecule has 2 N–H and O–H groups in total. The molecular formula is C19H24FN3. The molecule has 4 heteroatoms. The fourth-order valence-corrected chi connectivity index (χ4v) is 3.16. The minimum absolute atomic E-state index is 0.150. The van der Waals surface area contributed by atoms with Crippen molar-refractivity contribution in [2.45, 2.75) is 32.2 Å². The second-order valence-electron chi connectivity index (χ2n) is 6.49. The molecule has 2 aromatic rings. The predicted octanol–water partition coefficient (Wildman–Crippen LogP) is 3.96. The van der Waals surface area contributed by atoms with E-state index in [4.69, 9.17) is 5.84 Å². The third kappa shape index (κ3) is 3.17. The van der Waals surface area contributed by atoms with Crippen LogP contribution in [0.4, 0.5) is 15.8 Å². The van der Waals surface area contributed by atoms with E-state index in [9.17, 15) is 4.39 Å². The van der Waals surface area contributed by atoms with Gasteiger partial charge in [-0.15, -0.1) is 0 Å². The van der Waals surface area contributed by atoms with Gasteiger partial charge in [-0.1, -0.05) is 24.3 Å². The SMILES string of the molecule is Cc1cccc(F)c1CN(C)c1c(C2CC2)cccc1N(C)N. The van der Waals surface area contributed by atoms with Crippen LogP contribution in [-0.4, -0.2) is 14.1 Å². The molecule has 0 saturated heterocycles. The first-order valence-electron chi connectivity index (χ1n) is 8.05. The summed E-state index contributed by atoms with van der Waals surface area (Å²) >= 11 is 0. The van der Waals surface area contributed by atoms with Crippen molar-refractivity contribution in [1.82, 2.24) is 0 Å². The Labute approximate surface area is 137 Å². The largest absolute Gasteiger partial charge is 0.368 e. The molecule has 0 unspecified atom stereocenters. The number of aryl methyl sites for hydroxylation is 1. The molecule has 0 aromatic heterocycles. The van der Waals surface area contributed by atoms with Gasteiger partial charge in [0.15, 0.2) is 0 Å². The van der Waals surface area contributed by atoms with Crippen LogP contribution in [0.3, 0.4) is 0 Å². The molecular weight excluding hydrogens is 289 g/mol. The Kier molecular flexibility index (Phi) is 4.26. The molecule has 0 aliphatic heterocycles. The third-order valence-electron chi connectivity index (χ3n) is 4.57. The van der Waals surface area contributed by atoms with Crippen LogP contribution in [0.1, 0.15) is 35.4 Å². The van der Waals surface area contributed by atoms with Gasteiger partial charge in [-0.05, 0) is 48.9 Å². The number of halogens is 1. The topological polar surface area (TPSA) is 32.5 Å². The molecule has 0 atom stereocenters. The van der Waals surface area contributed by atoms with E-state index >= 15 is 0 Å². The Morgan fingerprint density at radius 1 is 1.13 bits per heavy atom. The summed E-state index contributed by atoms with van der Waals surface area (Å²) in [7, 11) is 3.86. The van der Waals surface area contributed by atoms with Crippen molar-refractivity contribution in [1.29, 1.82) is 0 Å². The zero-order valence-corrected chi connectivity index (χ0v) is 14.0. The lowest BCUT2D eigenvalue weighted by Gasteiger charge is -2.29. The maximum Gasteiger partial charge on any atom is 0.128 e. The molecule has 23 heavy (non-hydrogen) atoms. The van der Waals surface area contributed by atoms with Gasteiger partial charge in [-0.2, -0.15) is 0 Å². The van der Waals surface area contributed by atoms with Crippen molar-refractivity contribution in [2.75, 3.05) is 24.0 Å². The molecule has 0 spiro atoms. The van der Waals surface area contributed by atoms with Crippen molar-refractivity contribution in [3.63, 3.8) is 0 Å². The number of hydrogen-bond acceptors (Lipinski definition) is 3. The van der Waals surface area contributed by atoms with E-state index in [0.717, 1.165) is 22.5 Å². The van der Waals surface area contributed by atoms with Crippen molar-refractivity contribution in [3.8, 4) is 0 Å². The Morgan fingerprint density at radius 3 is 2.43 bits per heavy atom. The lowest BCUT2D eigenvalue weighted by atomic mass is 10.0. The average molecular weight is 313 g/mol. The maximum absolute atomic E-state index is 14.2. The van der Waals surface area contributed by atoms with Crippen LogP contribution in [-0.2, 0) is 6.54 Å². The van der Waals surface area contributed by atoms with E-state index in [1.807, 2.05) is 33.2 Å². The number of hydrogen-bond donors (Lipinski definition) is 1. The van der Waals surface area contributed by atoms with Gasteiger partial charge in [0.25, 0.3) is 0 Å². The monoisotopic (exact) mass is 313 g/mol. The molecule has 0 bridgehead atoms. The van der Waals surface area contributed by atoms with E-state index in [2.05, 4.69) is 17.0 Å². The molecule has 0 amide bonds. The van der Waals surface area contributed by atoms with Crippen LogP contribution < -0.4 is 15.8 Å². The molecule has 122 valence electrons. The van der Waals surface area contributed by atoms with E-state index in [-0.39, 0.29) is 5.82 Å². The molecule has 0 heterocycles. The quantitative estimate of drug-likeness (QED) is 0.670. The fraction of sp³-hybridized carbons (Fsp3) is 0.368. The smallest absolute Gasteiger partial charge is 0.128 e. The van der Waals surface area contributed by atoms with E-state index < -0.39 is 0 Å². The highest BCUT2D eigenvalue weighted by Gasteiger charge is 2.29. The number of anilines is 2. The molecule has 1 saturated carbocycles. The minimum Gasteiger partial charge on any atom is -0.368 e. The summed E-state index contributed by atoms with van der Waals surface area (Å²) in [6, 6.07) is 11.5. The average Bonchev–Trinajstić information content (AvgIpc) is 3.34. The molecule has 1 aliphatic rings. The van der Waals surface area contributed by atoms with Gasteiger partial charge in [-0.25, -0.2) is 10.2 Å². The van der Waals surface area contributed by atoms with Gasteiger partial charge < -0.3 is 9.91 Å². The summed E-state index contributed by atoms with van der Waals surface area (Å²) in [4.78, 5) is 2.12. The lowest BCUT2D eigenvalue weighted by molar-refractivity contribution is 0.605. The fourth-order valence-electron chi connectivity index (χ4n) is 3.16. The molecule has 2 aromatic carbocycles. The van der Waals surface area contributed by atoms with E-state index in [1.165, 1.54) is 24.5 Å². The van der Waals surface area contributed by atoms with Gasteiger partial charge >= 0.3 is 0 Å². The van der Waals surface area contributed by atoms with Crippen LogP contribution in [0.2, 0.25) is 0 Å². The van der Waals surface area contributed by atoms with Crippen molar-refractivity contribution < 1.29 is 4.39 Å². The zero-order valence-electron chi connectivity index (χ0n) is 14.0. The number of benzene rings is 2. The molecule has 1 fully saturated rings. The van der Waals surface area contributed by atoms with Gasteiger partial charge in [0, 0.05) is 26.2 Å². The molecule has 3 rings (SSSR count). The highest BCUT2D eigenvalue weighted by molar-refractivity contribution is 5.75. The Morgan fingerprint density at radius 2 is 1.83 bits per heavy atom. The summed E-state index contributed by atoms with van der Waals surface area (Å²) in [6.45, 7) is 2.48. The highest BCUT2D eigenvalue weighted by Crippen LogP contribution is 2.47. The first-order valence-corrected chi connectivity index (χ1v) is 8.05. The molecule has 3 nitrogen and oxygen atoms in total. The first-order chi connectivity index (χ1) is 11.0. The number of nitrogens with two attached hydrogens (primary N) is 1. The summed E-state index contributed by atoms with van der Waals surface area (Å²) in [5.74, 6) is 6.48. The summed E-state index contributed by atoms with van der Waals surface area (Å²) in [5.41, 5.74) is 5.12. The summed E-state index contributed by atoms with van der Waals surface area (Å²) in [6.07, 6.45) is 2.44. The van der Waals surface area contributed by atoms with Crippen LogP contribution in [0.15, 0.2) is 36.4 Å². The highest BCUT2D eigenvalue weighted by atomic mass is 19.1. The van der Waals surface area contributed by atoms with Gasteiger partial charge in [0.2, 0.25) is 0 Å². The zero-order chi connectivity index (χ0) is 16.6. The molecule has 1 aliphatic carbocycles. The second kappa shape index (κ2) is 6.20. The molecule has 0 radical (unpaired) electrons. The number of rotatable bonds is 5. The van der Waals surface area contributed by atoms with Crippen molar-refractivity contribution >= 4 is 11.4 Å². The standard InChI is InChI=1S/C19H24FN3/c1-13-6-4-8-17(20)16(13)12-22(2)19-15(14-10-11-14)7-5-9-18(19)23(3)21/h4-9,14H,10-12,21H2,1-3H3. The van der Waals surface area contributed by atoms with E-state index in [1.54, 1.807) is 11.1 Å². The van der Waals surface area contributed by atoms with Crippen LogP contribution in [0, 0.1) is 12.7 Å². The minimum atomic E-state index is -0.150. The van der Waals surface area contributed by atoms with Gasteiger partial charge in [0.05, 0.1) is 11.4 Å². The summed E-state index contributed by atoms with van der Waals surface area (Å²) < 4.78 is 14.2. The van der Waals surface area contributed by atoms with Gasteiger partial charge in [-0.3, -0.25) is 0 Å². The van der Waals surface area contributed by atoms with Crippen LogP contribution >= 0.6 is 0 Å².